The number of aromatic hydroxyl groups is 1. The van der Waals surface area contributed by atoms with Gasteiger partial charge in [0.25, 0.3) is 0 Å². The maximum Gasteiger partial charge on any atom is 0.233 e. The number of rotatable bonds is 4. The summed E-state index contributed by atoms with van der Waals surface area (Å²) in [4.78, 5) is 13.5. The molecule has 0 radical (unpaired) electrons. The number of para-hydroxylation sites is 1. The molecule has 3 aromatic rings. The summed E-state index contributed by atoms with van der Waals surface area (Å²) in [5, 5.41) is 17.8. The molecule has 2 atom stereocenters. The Morgan fingerprint density at radius 2 is 1.94 bits per heavy atom. The van der Waals surface area contributed by atoms with Gasteiger partial charge in [-0.2, -0.15) is 0 Å². The van der Waals surface area contributed by atoms with Crippen molar-refractivity contribution in [1.82, 2.24) is 5.16 Å². The maximum absolute atomic E-state index is 13.5. The highest BCUT2D eigenvalue weighted by Crippen LogP contribution is 2.49. The Morgan fingerprint density at radius 3 is 2.68 bits per heavy atom. The van der Waals surface area contributed by atoms with Crippen molar-refractivity contribution in [1.29, 1.82) is 0 Å². The van der Waals surface area contributed by atoms with Gasteiger partial charge < -0.3 is 19.7 Å². The van der Waals surface area contributed by atoms with E-state index in [2.05, 4.69) is 10.5 Å². The Morgan fingerprint density at radius 1 is 1.16 bits per heavy atom. The van der Waals surface area contributed by atoms with Crippen LogP contribution in [0.1, 0.15) is 54.0 Å². The fourth-order valence-corrected chi connectivity index (χ4v) is 4.78. The molecule has 1 aliphatic carbocycles. The lowest BCUT2D eigenvalue weighted by Crippen LogP contribution is -2.29. The molecule has 2 aromatic carbocycles. The Bertz CT molecular complexity index is 1180. The number of aryl methyl sites for hydroxylation is 1. The summed E-state index contributed by atoms with van der Waals surface area (Å²) in [6, 6.07) is 15.1. The number of hydrogen-bond donors (Lipinski definition) is 2. The molecule has 2 N–H and O–H groups in total. The first-order chi connectivity index (χ1) is 15.1. The molecule has 0 saturated carbocycles. The normalized spacial score (nSPS) is 20.1. The molecule has 6 heteroatoms. The van der Waals surface area contributed by atoms with Crippen LogP contribution in [0.4, 0.5) is 5.88 Å². The summed E-state index contributed by atoms with van der Waals surface area (Å²) >= 11 is 0. The first-order valence-corrected chi connectivity index (χ1v) is 10.6. The van der Waals surface area contributed by atoms with Crippen LogP contribution in [0.25, 0.3) is 0 Å². The number of nitrogens with one attached hydrogen (secondary N) is 1. The maximum atomic E-state index is 13.5. The van der Waals surface area contributed by atoms with Crippen molar-refractivity contribution >= 4 is 11.7 Å². The lowest BCUT2D eigenvalue weighted by Gasteiger charge is -2.34. The topological polar surface area (TPSA) is 84.6 Å². The first-order valence-electron chi connectivity index (χ1n) is 10.6. The van der Waals surface area contributed by atoms with E-state index in [1.807, 2.05) is 50.2 Å². The van der Waals surface area contributed by atoms with Gasteiger partial charge >= 0.3 is 0 Å². The average molecular weight is 416 g/mol. The molecule has 0 saturated heterocycles. The molecule has 2 heterocycles. The van der Waals surface area contributed by atoms with Gasteiger partial charge in [0.05, 0.1) is 17.9 Å². The molecule has 0 spiro atoms. The van der Waals surface area contributed by atoms with E-state index in [1.165, 1.54) is 0 Å². The van der Waals surface area contributed by atoms with E-state index in [0.29, 0.717) is 25.3 Å². The number of benzene rings is 2. The molecular weight excluding hydrogens is 392 g/mol. The predicted molar refractivity (Wildman–Crippen MR) is 116 cm³/mol. The van der Waals surface area contributed by atoms with Crippen molar-refractivity contribution in [2.45, 2.75) is 38.5 Å². The van der Waals surface area contributed by atoms with E-state index in [0.717, 1.165) is 39.4 Å². The van der Waals surface area contributed by atoms with E-state index in [-0.39, 0.29) is 23.4 Å². The van der Waals surface area contributed by atoms with Crippen LogP contribution >= 0.6 is 0 Å². The number of aromatic nitrogens is 1. The second-order valence-corrected chi connectivity index (χ2v) is 8.05. The van der Waals surface area contributed by atoms with Crippen LogP contribution in [0.5, 0.6) is 11.5 Å². The monoisotopic (exact) mass is 416 g/mol. The number of phenols is 1. The van der Waals surface area contributed by atoms with Crippen molar-refractivity contribution in [3.63, 3.8) is 0 Å². The van der Waals surface area contributed by atoms with Gasteiger partial charge in [-0.15, -0.1) is 0 Å². The van der Waals surface area contributed by atoms with Crippen LogP contribution in [-0.4, -0.2) is 22.7 Å². The summed E-state index contributed by atoms with van der Waals surface area (Å²) in [5.74, 6) is 1.34. The van der Waals surface area contributed by atoms with E-state index >= 15 is 0 Å². The summed E-state index contributed by atoms with van der Waals surface area (Å²) in [6.45, 7) is 4.45. The summed E-state index contributed by atoms with van der Waals surface area (Å²) < 4.78 is 11.2. The van der Waals surface area contributed by atoms with Gasteiger partial charge in [-0.25, -0.2) is 0 Å². The summed E-state index contributed by atoms with van der Waals surface area (Å²) in [7, 11) is 0. The third-order valence-corrected chi connectivity index (χ3v) is 6.16. The highest BCUT2D eigenvalue weighted by Gasteiger charge is 2.41. The second kappa shape index (κ2) is 7.61. The molecule has 0 unspecified atom stereocenters. The number of fused-ring (bicyclic) bond motifs is 1. The van der Waals surface area contributed by atoms with Crippen molar-refractivity contribution in [2.75, 3.05) is 11.9 Å². The third kappa shape index (κ3) is 3.28. The van der Waals surface area contributed by atoms with Crippen LogP contribution in [0.15, 0.2) is 64.3 Å². The molecule has 0 amide bonds. The summed E-state index contributed by atoms with van der Waals surface area (Å²) in [6.07, 6.45) is 0.969. The van der Waals surface area contributed by atoms with Crippen LogP contribution in [0, 0.1) is 6.92 Å². The molecule has 31 heavy (non-hydrogen) atoms. The Hall–Kier alpha value is -3.54. The number of phenolic OH excluding ortho intramolecular Hbond substituents is 1. The number of allylic oxidation sites excluding steroid dienone is 2. The lowest BCUT2D eigenvalue weighted by molar-refractivity contribution is -0.116. The smallest absolute Gasteiger partial charge is 0.233 e. The minimum atomic E-state index is -0.244. The van der Waals surface area contributed by atoms with Gasteiger partial charge in [-0.1, -0.05) is 35.5 Å². The Balaban J connectivity index is 1.59. The number of ketones is 1. The Labute approximate surface area is 180 Å². The van der Waals surface area contributed by atoms with Crippen molar-refractivity contribution in [2.24, 2.45) is 0 Å². The quantitative estimate of drug-likeness (QED) is 0.619. The molecule has 158 valence electrons. The van der Waals surface area contributed by atoms with Crippen molar-refractivity contribution < 1.29 is 19.2 Å². The summed E-state index contributed by atoms with van der Waals surface area (Å²) in [5.41, 5.74) is 5.06. The molecule has 1 aromatic heterocycles. The van der Waals surface area contributed by atoms with Gasteiger partial charge in [0.15, 0.2) is 5.78 Å². The van der Waals surface area contributed by atoms with Crippen LogP contribution < -0.4 is 10.1 Å². The SMILES string of the molecule is CCOc1ccc([C@@H]2C3=C(C[C@@H](c4ccccc4O)CC3=O)Nc3onc(C)c32)cc1. The zero-order chi connectivity index (χ0) is 21.5. The molecule has 5 rings (SSSR count). The van der Waals surface area contributed by atoms with E-state index in [4.69, 9.17) is 9.26 Å². The minimum Gasteiger partial charge on any atom is -0.508 e. The second-order valence-electron chi connectivity index (χ2n) is 8.05. The highest BCUT2D eigenvalue weighted by molar-refractivity contribution is 6.01. The standard InChI is InChI=1S/C25H24N2O4/c1-3-30-17-10-8-15(9-11-17)23-22-14(2)27-31-25(22)26-19-12-16(13-21(29)24(19)23)18-6-4-5-7-20(18)28/h4-11,16,23,26,28H,3,12-13H2,1-2H3/t16-,23+/m1/s1. The van der Waals surface area contributed by atoms with E-state index in [9.17, 15) is 9.90 Å². The van der Waals surface area contributed by atoms with E-state index < -0.39 is 0 Å². The number of carbonyl (C=O) groups excluding carboxylic acids is 1. The zero-order valence-corrected chi connectivity index (χ0v) is 17.5. The van der Waals surface area contributed by atoms with Crippen molar-refractivity contribution in [3.05, 3.63) is 82.2 Å². The number of carbonyl (C=O) groups is 1. The van der Waals surface area contributed by atoms with Gasteiger partial charge in [0, 0.05) is 29.5 Å². The Kier molecular flexibility index (Phi) is 4.77. The number of hydrogen-bond acceptors (Lipinski definition) is 6. The first kappa shape index (κ1) is 19.4. The van der Waals surface area contributed by atoms with Crippen LogP contribution in [0.3, 0.4) is 0 Å². The number of Topliss-reactive ketones (excluding diaryl/α,β-unsaturated/α-hetero) is 1. The van der Waals surface area contributed by atoms with Gasteiger partial charge in [-0.3, -0.25) is 4.79 Å². The molecule has 1 aliphatic heterocycles. The van der Waals surface area contributed by atoms with Crippen LogP contribution in [-0.2, 0) is 4.79 Å². The molecule has 2 aliphatic rings. The van der Waals surface area contributed by atoms with Crippen molar-refractivity contribution in [3.8, 4) is 11.5 Å². The van der Waals surface area contributed by atoms with Gasteiger partial charge in [0.1, 0.15) is 11.5 Å². The minimum absolute atomic E-state index is 0.0761. The molecule has 6 nitrogen and oxygen atoms in total. The fourth-order valence-electron chi connectivity index (χ4n) is 4.78. The fraction of sp³-hybridized carbons (Fsp3) is 0.280. The third-order valence-electron chi connectivity index (χ3n) is 6.16. The predicted octanol–water partition coefficient (Wildman–Crippen LogP) is 5.05. The zero-order valence-electron chi connectivity index (χ0n) is 17.5. The van der Waals surface area contributed by atoms with Crippen LogP contribution in [0.2, 0.25) is 0 Å². The molecular formula is C25H24N2O4. The highest BCUT2D eigenvalue weighted by atomic mass is 16.5. The van der Waals surface area contributed by atoms with E-state index in [1.54, 1.807) is 12.1 Å². The number of anilines is 1. The number of nitrogens with zero attached hydrogens (tertiary/aromatic N) is 1. The number of ether oxygens (including phenoxy) is 1. The van der Waals surface area contributed by atoms with Gasteiger partial charge in [0.2, 0.25) is 5.88 Å². The molecule has 0 fully saturated rings. The lowest BCUT2D eigenvalue weighted by atomic mass is 9.72. The average Bonchev–Trinajstić information content (AvgIpc) is 3.14. The largest absolute Gasteiger partial charge is 0.508 e. The molecule has 0 bridgehead atoms. The van der Waals surface area contributed by atoms with Gasteiger partial charge in [-0.05, 0) is 49.6 Å².